The number of benzene rings is 3. The van der Waals surface area contributed by atoms with Crippen LogP contribution in [-0.2, 0) is 0 Å². The highest BCUT2D eigenvalue weighted by Crippen LogP contribution is 2.18. The first kappa shape index (κ1) is 33.9. The SMILES string of the molecule is CN(C)C=NC=[N+](C)C.Cl.Cl.N=C(N)c1ccccc1.c1ccc(-c2ncnc(-c3ccccc3)n2)cc1. The predicted molar refractivity (Wildman–Crippen MR) is 163 cm³/mol. The van der Waals surface area contributed by atoms with Crippen molar-refractivity contribution >= 4 is 43.3 Å². The van der Waals surface area contributed by atoms with Crippen molar-refractivity contribution in [3.8, 4) is 22.8 Å². The van der Waals surface area contributed by atoms with Gasteiger partial charge in [0.15, 0.2) is 11.6 Å². The molecule has 0 aliphatic heterocycles. The molecule has 0 aliphatic rings. The van der Waals surface area contributed by atoms with E-state index >= 15 is 0 Å². The summed E-state index contributed by atoms with van der Waals surface area (Å²) in [4.78, 5) is 18.8. The minimum atomic E-state index is 0. The fraction of sp³-hybridized carbons (Fsp3) is 0.143. The van der Waals surface area contributed by atoms with Gasteiger partial charge in [0.1, 0.15) is 12.2 Å². The molecular formula is C28H35Cl2N8+. The van der Waals surface area contributed by atoms with Gasteiger partial charge in [0.2, 0.25) is 6.34 Å². The normalized spacial score (nSPS) is 9.26. The van der Waals surface area contributed by atoms with Gasteiger partial charge in [0.05, 0.1) is 14.1 Å². The van der Waals surface area contributed by atoms with Gasteiger partial charge in [0, 0.05) is 30.8 Å². The number of hydrogen-bond acceptors (Lipinski definition) is 4. The second kappa shape index (κ2) is 19.0. The molecule has 0 radical (unpaired) electrons. The van der Waals surface area contributed by atoms with Crippen molar-refractivity contribution in [2.24, 2.45) is 10.7 Å². The Morgan fingerprint density at radius 3 is 1.55 bits per heavy atom. The highest BCUT2D eigenvalue weighted by atomic mass is 35.5. The molecule has 0 saturated heterocycles. The van der Waals surface area contributed by atoms with Crippen LogP contribution in [0.3, 0.4) is 0 Å². The Labute approximate surface area is 237 Å². The third-order valence-corrected chi connectivity index (χ3v) is 4.32. The van der Waals surface area contributed by atoms with Gasteiger partial charge in [-0.25, -0.2) is 15.0 Å². The second-order valence-corrected chi connectivity index (χ2v) is 7.95. The lowest BCUT2D eigenvalue weighted by atomic mass is 10.2. The van der Waals surface area contributed by atoms with E-state index in [1.165, 1.54) is 0 Å². The Bertz CT molecular complexity index is 1190. The highest BCUT2D eigenvalue weighted by molar-refractivity contribution is 5.94. The maximum absolute atomic E-state index is 7.01. The molecule has 200 valence electrons. The Morgan fingerprint density at radius 1 is 0.789 bits per heavy atom. The van der Waals surface area contributed by atoms with Crippen LogP contribution in [0.2, 0.25) is 0 Å². The van der Waals surface area contributed by atoms with Crippen LogP contribution in [0.5, 0.6) is 0 Å². The molecule has 4 aromatic rings. The van der Waals surface area contributed by atoms with E-state index in [1.54, 1.807) is 19.0 Å². The molecule has 10 heteroatoms. The third kappa shape index (κ3) is 13.2. The van der Waals surface area contributed by atoms with Crippen LogP contribution in [-0.4, -0.2) is 71.1 Å². The molecule has 0 amide bonds. The molecule has 8 nitrogen and oxygen atoms in total. The van der Waals surface area contributed by atoms with E-state index in [-0.39, 0.29) is 30.6 Å². The molecule has 3 aromatic carbocycles. The second-order valence-electron chi connectivity index (χ2n) is 7.95. The molecule has 1 aromatic heterocycles. The summed E-state index contributed by atoms with van der Waals surface area (Å²) in [5, 5.41) is 7.01. The lowest BCUT2D eigenvalue weighted by Gasteiger charge is -2.02. The fourth-order valence-corrected chi connectivity index (χ4v) is 2.66. The molecule has 0 spiro atoms. The summed E-state index contributed by atoms with van der Waals surface area (Å²) in [6.07, 6.45) is 5.05. The number of rotatable bonds is 5. The summed E-state index contributed by atoms with van der Waals surface area (Å²) >= 11 is 0. The standard InChI is InChI=1S/C15H11N3.C7H8N2.C6H14N3.2ClH/c1-3-7-12(8-4-1)14-16-11-17-15(18-14)13-9-5-2-6-10-13;8-7(9)6-4-2-1-3-5-6;1-8(2)5-7-6-9(3)4;;/h1-11H;1-5H,(H3,8,9);5-6H,1-4H3;2*1H/q;;+1;;. The molecule has 38 heavy (non-hydrogen) atoms. The molecule has 0 fully saturated rings. The van der Waals surface area contributed by atoms with Crippen molar-refractivity contribution in [1.29, 1.82) is 5.41 Å². The molecule has 0 bridgehead atoms. The van der Waals surface area contributed by atoms with Gasteiger partial charge in [-0.15, -0.1) is 24.8 Å². The van der Waals surface area contributed by atoms with Crippen LogP contribution in [0, 0.1) is 5.41 Å². The van der Waals surface area contributed by atoms with Gasteiger partial charge in [0.25, 0.3) is 6.34 Å². The summed E-state index contributed by atoms with van der Waals surface area (Å²) in [6.45, 7) is 0. The monoisotopic (exact) mass is 553 g/mol. The van der Waals surface area contributed by atoms with Crippen LogP contribution in [0.4, 0.5) is 0 Å². The topological polar surface area (TPSA) is 107 Å². The number of nitrogens with two attached hydrogens (primary N) is 1. The molecule has 0 saturated carbocycles. The number of aromatic nitrogens is 3. The zero-order chi connectivity index (χ0) is 26.2. The molecule has 0 aliphatic carbocycles. The minimum Gasteiger partial charge on any atom is -0.384 e. The van der Waals surface area contributed by atoms with Gasteiger partial charge in [-0.2, -0.15) is 0 Å². The van der Waals surface area contributed by atoms with E-state index in [0.717, 1.165) is 16.7 Å². The molecule has 1 heterocycles. The summed E-state index contributed by atoms with van der Waals surface area (Å²) < 4.78 is 1.89. The van der Waals surface area contributed by atoms with Gasteiger partial charge in [-0.05, 0) is 4.99 Å². The van der Waals surface area contributed by atoms with E-state index < -0.39 is 0 Å². The number of aliphatic imine (C=N–C) groups is 1. The van der Waals surface area contributed by atoms with Crippen molar-refractivity contribution < 1.29 is 4.58 Å². The zero-order valence-corrected chi connectivity index (χ0v) is 23.6. The average molecular weight is 555 g/mol. The van der Waals surface area contributed by atoms with Crippen LogP contribution in [0.1, 0.15) is 5.56 Å². The summed E-state index contributed by atoms with van der Waals surface area (Å²) in [5.74, 6) is 1.52. The first-order valence-electron chi connectivity index (χ1n) is 11.3. The Kier molecular flexibility index (Phi) is 17.0. The van der Waals surface area contributed by atoms with Gasteiger partial charge in [-0.3, -0.25) is 9.98 Å². The van der Waals surface area contributed by atoms with Crippen molar-refractivity contribution in [3.63, 3.8) is 0 Å². The molecule has 0 atom stereocenters. The van der Waals surface area contributed by atoms with Crippen LogP contribution >= 0.6 is 24.8 Å². The Morgan fingerprint density at radius 2 is 1.21 bits per heavy atom. The Hall–Kier alpha value is -4.14. The fourth-order valence-electron chi connectivity index (χ4n) is 2.66. The number of halogens is 2. The summed E-state index contributed by atoms with van der Waals surface area (Å²) in [5.41, 5.74) is 7.97. The zero-order valence-electron chi connectivity index (χ0n) is 22.0. The predicted octanol–water partition coefficient (Wildman–Crippen LogP) is 4.90. The highest BCUT2D eigenvalue weighted by Gasteiger charge is 2.04. The molecular weight excluding hydrogens is 519 g/mol. The molecule has 3 N–H and O–H groups in total. The van der Waals surface area contributed by atoms with Crippen LogP contribution in [0.15, 0.2) is 102 Å². The van der Waals surface area contributed by atoms with E-state index in [9.17, 15) is 0 Å². The van der Waals surface area contributed by atoms with Gasteiger partial charge < -0.3 is 10.6 Å². The quantitative estimate of drug-likeness (QED) is 0.207. The first-order valence-corrected chi connectivity index (χ1v) is 11.3. The number of nitrogens with zero attached hydrogens (tertiary/aromatic N) is 6. The third-order valence-electron chi connectivity index (χ3n) is 4.32. The Balaban J connectivity index is 0.000000587. The number of amidine groups is 1. The lowest BCUT2D eigenvalue weighted by Crippen LogP contribution is -2.10. The summed E-state index contributed by atoms with van der Waals surface area (Å²) in [7, 11) is 7.75. The van der Waals surface area contributed by atoms with E-state index in [0.29, 0.717) is 11.6 Å². The van der Waals surface area contributed by atoms with Crippen molar-refractivity contribution in [3.05, 3.63) is 103 Å². The largest absolute Gasteiger partial charge is 0.384 e. The van der Waals surface area contributed by atoms with Gasteiger partial charge in [-0.1, -0.05) is 91.0 Å². The van der Waals surface area contributed by atoms with Crippen molar-refractivity contribution in [2.45, 2.75) is 0 Å². The van der Waals surface area contributed by atoms with E-state index in [1.807, 2.05) is 129 Å². The minimum absolute atomic E-state index is 0. The van der Waals surface area contributed by atoms with Gasteiger partial charge >= 0.3 is 0 Å². The molecule has 4 rings (SSSR count). The van der Waals surface area contributed by atoms with Crippen LogP contribution in [0.25, 0.3) is 22.8 Å². The number of hydrogen-bond donors (Lipinski definition) is 2. The van der Waals surface area contributed by atoms with Crippen LogP contribution < -0.4 is 5.73 Å². The average Bonchev–Trinajstić information content (AvgIpc) is 2.91. The molecule has 0 unspecified atom stereocenters. The smallest absolute Gasteiger partial charge is 0.282 e. The van der Waals surface area contributed by atoms with Crippen molar-refractivity contribution in [1.82, 2.24) is 19.9 Å². The van der Waals surface area contributed by atoms with Crippen molar-refractivity contribution in [2.75, 3.05) is 28.2 Å². The summed E-state index contributed by atoms with van der Waals surface area (Å²) in [6, 6.07) is 29.0. The lowest BCUT2D eigenvalue weighted by molar-refractivity contribution is -0.460. The first-order chi connectivity index (χ1) is 17.4. The van der Waals surface area contributed by atoms with E-state index in [4.69, 9.17) is 11.1 Å². The number of nitrogen functional groups attached to an aromatic ring is 1. The maximum Gasteiger partial charge on any atom is 0.282 e. The maximum atomic E-state index is 7.01. The van der Waals surface area contributed by atoms with E-state index in [2.05, 4.69) is 19.9 Å². The number of nitrogens with one attached hydrogen (secondary N) is 1.